The smallest absolute Gasteiger partial charge is 0.261 e. The second kappa shape index (κ2) is 13.1. The van der Waals surface area contributed by atoms with Crippen molar-refractivity contribution in [1.82, 2.24) is 14.2 Å². The van der Waals surface area contributed by atoms with Gasteiger partial charge in [-0.1, -0.05) is 35.6 Å². The lowest BCUT2D eigenvalue weighted by atomic mass is 10.1. The molecule has 7 nitrogen and oxygen atoms in total. The fraction of sp³-hybridized carbons (Fsp3) is 0.438. The van der Waals surface area contributed by atoms with E-state index in [0.29, 0.717) is 35.1 Å². The lowest BCUT2D eigenvalue weighted by molar-refractivity contribution is 0.0368. The Balaban J connectivity index is 1.14. The number of fused-ring (bicyclic) bond motifs is 2. The summed E-state index contributed by atoms with van der Waals surface area (Å²) in [5, 5.41) is 5.72. The van der Waals surface area contributed by atoms with E-state index in [4.69, 9.17) is 14.5 Å². The van der Waals surface area contributed by atoms with Crippen molar-refractivity contribution in [3.8, 4) is 5.75 Å². The molecule has 1 amide bonds. The van der Waals surface area contributed by atoms with Crippen molar-refractivity contribution in [1.29, 1.82) is 0 Å². The highest BCUT2D eigenvalue weighted by Crippen LogP contribution is 2.37. The molecule has 4 aromatic rings. The van der Waals surface area contributed by atoms with Crippen molar-refractivity contribution < 1.29 is 14.3 Å². The summed E-state index contributed by atoms with van der Waals surface area (Å²) in [4.78, 5) is 21.9. The summed E-state index contributed by atoms with van der Waals surface area (Å²) in [5.41, 5.74) is 1.43. The summed E-state index contributed by atoms with van der Waals surface area (Å²) in [5.74, 6) is 0.411. The number of hydrogen-bond acceptors (Lipinski definition) is 8. The van der Waals surface area contributed by atoms with Crippen molar-refractivity contribution in [2.45, 2.75) is 56.5 Å². The molecular weight excluding hydrogens is 553 g/mol. The van der Waals surface area contributed by atoms with Crippen LogP contribution in [-0.4, -0.2) is 71.6 Å². The maximum absolute atomic E-state index is 13.6. The minimum absolute atomic E-state index is 0.201. The first-order valence-corrected chi connectivity index (χ1v) is 16.3. The molecule has 2 aliphatic rings. The molecule has 6 rings (SSSR count). The molecule has 9 heteroatoms. The molecule has 3 heterocycles. The summed E-state index contributed by atoms with van der Waals surface area (Å²) in [6.45, 7) is 9.84. The van der Waals surface area contributed by atoms with Gasteiger partial charge in [0.05, 0.1) is 35.6 Å². The lowest BCUT2D eigenvalue weighted by Gasteiger charge is -2.26. The normalized spacial score (nSPS) is 20.1. The standard InChI is InChI=1S/C32H38N4O3S2/c1-22-9-10-23(2)36(22)41-26-11-12-28-30(21-26)40-32(33-28)34-31(37)27-19-24-7-3-4-8-25(24)20-29(27)39-16-6-5-13-35-14-17-38-18-15-35/h3-4,7-8,11-12,19-23H,5-6,9-10,13-18H2,1-2H3,(H,33,34,37). The van der Waals surface area contributed by atoms with Gasteiger partial charge in [0.2, 0.25) is 0 Å². The number of nitrogens with zero attached hydrogens (tertiary/aromatic N) is 3. The van der Waals surface area contributed by atoms with Gasteiger partial charge in [-0.25, -0.2) is 9.29 Å². The third kappa shape index (κ3) is 6.87. The number of hydrogen-bond donors (Lipinski definition) is 1. The number of amides is 1. The highest BCUT2D eigenvalue weighted by atomic mass is 32.2. The van der Waals surface area contributed by atoms with Gasteiger partial charge >= 0.3 is 0 Å². The van der Waals surface area contributed by atoms with E-state index in [9.17, 15) is 4.79 Å². The molecule has 0 saturated carbocycles. The summed E-state index contributed by atoms with van der Waals surface area (Å²) in [6.07, 6.45) is 4.46. The Labute approximate surface area is 250 Å². The first kappa shape index (κ1) is 28.4. The zero-order valence-corrected chi connectivity index (χ0v) is 25.4. The van der Waals surface area contributed by atoms with Crippen LogP contribution in [0.1, 0.15) is 49.9 Å². The lowest BCUT2D eigenvalue weighted by Crippen LogP contribution is -2.36. The Kier molecular flexibility index (Phi) is 9.07. The zero-order chi connectivity index (χ0) is 28.2. The maximum Gasteiger partial charge on any atom is 0.261 e. The molecule has 0 radical (unpaired) electrons. The fourth-order valence-electron chi connectivity index (χ4n) is 5.61. The Hall–Kier alpha value is -2.69. The molecule has 216 valence electrons. The third-order valence-electron chi connectivity index (χ3n) is 7.98. The van der Waals surface area contributed by atoms with E-state index in [1.807, 2.05) is 42.3 Å². The molecule has 41 heavy (non-hydrogen) atoms. The van der Waals surface area contributed by atoms with Crippen molar-refractivity contribution in [3.63, 3.8) is 0 Å². The maximum atomic E-state index is 13.6. The van der Waals surface area contributed by atoms with Gasteiger partial charge in [-0.05, 0) is 99.1 Å². The predicted molar refractivity (Wildman–Crippen MR) is 169 cm³/mol. The number of unbranched alkanes of at least 4 members (excludes halogenated alkanes) is 1. The Morgan fingerprint density at radius 3 is 2.59 bits per heavy atom. The molecule has 2 unspecified atom stereocenters. The molecular formula is C32H38N4O3S2. The van der Waals surface area contributed by atoms with Gasteiger partial charge in [0.25, 0.3) is 5.91 Å². The van der Waals surface area contributed by atoms with Gasteiger partial charge < -0.3 is 9.47 Å². The molecule has 2 fully saturated rings. The van der Waals surface area contributed by atoms with E-state index in [0.717, 1.165) is 66.7 Å². The molecule has 1 aromatic heterocycles. The Bertz CT molecular complexity index is 1490. The summed E-state index contributed by atoms with van der Waals surface area (Å²) >= 11 is 3.34. The van der Waals surface area contributed by atoms with E-state index >= 15 is 0 Å². The average Bonchev–Trinajstić information content (AvgIpc) is 3.54. The van der Waals surface area contributed by atoms with Gasteiger partial charge in [0.1, 0.15) is 5.75 Å². The average molecular weight is 591 g/mol. The van der Waals surface area contributed by atoms with Crippen molar-refractivity contribution in [2.24, 2.45) is 0 Å². The van der Waals surface area contributed by atoms with Crippen LogP contribution in [-0.2, 0) is 4.74 Å². The van der Waals surface area contributed by atoms with Gasteiger partial charge in [0.15, 0.2) is 5.13 Å². The molecule has 1 N–H and O–H groups in total. The minimum Gasteiger partial charge on any atom is -0.493 e. The van der Waals surface area contributed by atoms with Crippen molar-refractivity contribution in [2.75, 3.05) is 44.8 Å². The summed E-state index contributed by atoms with van der Waals surface area (Å²) in [6, 6.07) is 19.5. The number of thiazole rings is 1. The van der Waals surface area contributed by atoms with Crippen LogP contribution in [0.4, 0.5) is 5.13 Å². The topological polar surface area (TPSA) is 66.9 Å². The number of carbonyl (C=O) groups excluding carboxylic acids is 1. The van der Waals surface area contributed by atoms with Crippen LogP contribution < -0.4 is 10.1 Å². The molecule has 0 bridgehead atoms. The quantitative estimate of drug-likeness (QED) is 0.156. The van der Waals surface area contributed by atoms with Gasteiger partial charge in [0, 0.05) is 30.1 Å². The highest BCUT2D eigenvalue weighted by Gasteiger charge is 2.28. The molecule has 2 saturated heterocycles. The number of carbonyl (C=O) groups is 1. The van der Waals surface area contributed by atoms with E-state index < -0.39 is 0 Å². The Morgan fingerprint density at radius 1 is 1.05 bits per heavy atom. The van der Waals surface area contributed by atoms with Gasteiger partial charge in [-0.15, -0.1) is 0 Å². The third-order valence-corrected chi connectivity index (χ3v) is 10.3. The molecule has 2 aliphatic heterocycles. The molecule has 2 atom stereocenters. The van der Waals surface area contributed by atoms with Crippen LogP contribution in [0, 0.1) is 0 Å². The first-order valence-electron chi connectivity index (χ1n) is 14.7. The second-order valence-electron chi connectivity index (χ2n) is 11.0. The monoisotopic (exact) mass is 590 g/mol. The highest BCUT2D eigenvalue weighted by molar-refractivity contribution is 7.97. The van der Waals surface area contributed by atoms with E-state index in [1.165, 1.54) is 29.1 Å². The second-order valence-corrected chi connectivity index (χ2v) is 13.1. The van der Waals surface area contributed by atoms with E-state index in [-0.39, 0.29) is 5.91 Å². The molecule has 3 aromatic carbocycles. The summed E-state index contributed by atoms with van der Waals surface area (Å²) < 4.78 is 15.2. The van der Waals surface area contributed by atoms with Crippen molar-refractivity contribution in [3.05, 3.63) is 60.2 Å². The number of rotatable bonds is 10. The van der Waals surface area contributed by atoms with Crippen LogP contribution in [0.3, 0.4) is 0 Å². The fourth-order valence-corrected chi connectivity index (χ4v) is 7.70. The Morgan fingerprint density at radius 2 is 1.80 bits per heavy atom. The number of anilines is 1. The molecule has 0 aliphatic carbocycles. The zero-order valence-electron chi connectivity index (χ0n) is 23.8. The van der Waals surface area contributed by atoms with Crippen LogP contribution in [0.15, 0.2) is 59.5 Å². The SMILES string of the molecule is CC1CCC(C)N1Sc1ccc2nc(NC(=O)c3cc4ccccc4cc3OCCCCN3CCOCC3)sc2c1. The van der Waals surface area contributed by atoms with Crippen molar-refractivity contribution >= 4 is 55.3 Å². The van der Waals surface area contributed by atoms with Gasteiger partial charge in [-0.3, -0.25) is 15.0 Å². The molecule has 0 spiro atoms. The number of aromatic nitrogens is 1. The summed E-state index contributed by atoms with van der Waals surface area (Å²) in [7, 11) is 0. The number of morpholine rings is 1. The van der Waals surface area contributed by atoms with E-state index in [2.05, 4.69) is 52.6 Å². The van der Waals surface area contributed by atoms with Crippen LogP contribution in [0.5, 0.6) is 5.75 Å². The van der Waals surface area contributed by atoms with Crippen LogP contribution in [0.2, 0.25) is 0 Å². The van der Waals surface area contributed by atoms with Gasteiger partial charge in [-0.2, -0.15) is 0 Å². The first-order chi connectivity index (χ1) is 20.0. The largest absolute Gasteiger partial charge is 0.493 e. The van der Waals surface area contributed by atoms with Crippen LogP contribution in [0.25, 0.3) is 21.0 Å². The number of nitrogens with one attached hydrogen (secondary N) is 1. The number of benzene rings is 3. The van der Waals surface area contributed by atoms with E-state index in [1.54, 1.807) is 0 Å². The van der Waals surface area contributed by atoms with Crippen LogP contribution >= 0.6 is 23.3 Å². The predicted octanol–water partition coefficient (Wildman–Crippen LogP) is 7.07. The number of ether oxygens (including phenoxy) is 2. The minimum atomic E-state index is -0.201.